The van der Waals surface area contributed by atoms with Crippen molar-refractivity contribution in [2.75, 3.05) is 18.8 Å². The fourth-order valence-electron chi connectivity index (χ4n) is 2.88. The molecule has 0 spiro atoms. The molecule has 0 aliphatic carbocycles. The quantitative estimate of drug-likeness (QED) is 0.837. The van der Waals surface area contributed by atoms with E-state index in [4.69, 9.17) is 5.73 Å². The van der Waals surface area contributed by atoms with Gasteiger partial charge in [0.25, 0.3) is 5.91 Å². The Hall–Kier alpha value is -2.04. The van der Waals surface area contributed by atoms with Crippen molar-refractivity contribution >= 4 is 17.6 Å². The van der Waals surface area contributed by atoms with E-state index in [0.29, 0.717) is 43.6 Å². The number of aliphatic carboxylic acids is 1. The number of nitrogens with zero attached hydrogens (tertiary/aromatic N) is 1. The van der Waals surface area contributed by atoms with E-state index in [1.165, 1.54) is 0 Å². The summed E-state index contributed by atoms with van der Waals surface area (Å²) in [6, 6.07) is 5.39. The van der Waals surface area contributed by atoms with Crippen molar-refractivity contribution in [1.29, 1.82) is 0 Å². The van der Waals surface area contributed by atoms with Gasteiger partial charge in [0.2, 0.25) is 0 Å². The second-order valence-electron chi connectivity index (χ2n) is 5.82. The second kappa shape index (κ2) is 5.76. The number of nitrogen functional groups attached to an aromatic ring is 1. The standard InChI is InChI=1S/C16H22N2O3/c1-3-16(15(20)21)6-8-18(9-7-16)14(19)12-10-11(2)4-5-13(12)17/h4-5,10H,3,6-9,17H2,1-2H3,(H,20,21). The molecule has 5 nitrogen and oxygen atoms in total. The molecular formula is C16H22N2O3. The van der Waals surface area contributed by atoms with Gasteiger partial charge >= 0.3 is 5.97 Å². The molecule has 1 amide bonds. The molecule has 1 aliphatic rings. The molecule has 1 fully saturated rings. The van der Waals surface area contributed by atoms with Crippen LogP contribution in [0.5, 0.6) is 0 Å². The van der Waals surface area contributed by atoms with Crippen LogP contribution in [-0.2, 0) is 4.79 Å². The summed E-state index contributed by atoms with van der Waals surface area (Å²) in [5, 5.41) is 9.39. The number of carbonyl (C=O) groups excluding carboxylic acids is 1. The molecule has 21 heavy (non-hydrogen) atoms. The first kappa shape index (κ1) is 15.4. The number of amides is 1. The molecule has 1 saturated heterocycles. The first-order valence-electron chi connectivity index (χ1n) is 7.28. The number of rotatable bonds is 3. The zero-order chi connectivity index (χ0) is 15.6. The highest BCUT2D eigenvalue weighted by Gasteiger charge is 2.41. The van der Waals surface area contributed by atoms with E-state index in [1.807, 2.05) is 19.9 Å². The number of carbonyl (C=O) groups is 2. The van der Waals surface area contributed by atoms with Crippen molar-refractivity contribution in [1.82, 2.24) is 4.90 Å². The molecule has 1 heterocycles. The van der Waals surface area contributed by atoms with Crippen LogP contribution in [0.1, 0.15) is 42.1 Å². The fourth-order valence-corrected chi connectivity index (χ4v) is 2.88. The van der Waals surface area contributed by atoms with Crippen molar-refractivity contribution in [3.05, 3.63) is 29.3 Å². The van der Waals surface area contributed by atoms with Gasteiger partial charge in [-0.15, -0.1) is 0 Å². The largest absolute Gasteiger partial charge is 0.481 e. The Morgan fingerprint density at radius 3 is 2.48 bits per heavy atom. The lowest BCUT2D eigenvalue weighted by molar-refractivity contribution is -0.152. The third-order valence-electron chi connectivity index (χ3n) is 4.58. The highest BCUT2D eigenvalue weighted by molar-refractivity contribution is 5.99. The minimum absolute atomic E-state index is 0.105. The van der Waals surface area contributed by atoms with Crippen molar-refractivity contribution in [2.45, 2.75) is 33.1 Å². The van der Waals surface area contributed by atoms with Crippen molar-refractivity contribution in [3.63, 3.8) is 0 Å². The van der Waals surface area contributed by atoms with Crippen LogP contribution in [0.25, 0.3) is 0 Å². The molecule has 0 bridgehead atoms. The molecule has 114 valence electrons. The number of nitrogens with two attached hydrogens (primary N) is 1. The van der Waals surface area contributed by atoms with E-state index in [9.17, 15) is 14.7 Å². The van der Waals surface area contributed by atoms with E-state index >= 15 is 0 Å². The maximum atomic E-state index is 12.5. The van der Waals surface area contributed by atoms with E-state index in [-0.39, 0.29) is 5.91 Å². The normalized spacial score (nSPS) is 17.5. The van der Waals surface area contributed by atoms with Crippen LogP contribution in [0.4, 0.5) is 5.69 Å². The van der Waals surface area contributed by atoms with E-state index in [2.05, 4.69) is 0 Å². The molecule has 3 N–H and O–H groups in total. The number of piperidine rings is 1. The Labute approximate surface area is 124 Å². The number of hydrogen-bond donors (Lipinski definition) is 2. The lowest BCUT2D eigenvalue weighted by Crippen LogP contribution is -2.46. The Kier molecular flexibility index (Phi) is 4.21. The molecule has 1 aliphatic heterocycles. The van der Waals surface area contributed by atoms with Crippen molar-refractivity contribution in [3.8, 4) is 0 Å². The summed E-state index contributed by atoms with van der Waals surface area (Å²) in [7, 11) is 0. The molecule has 1 aromatic rings. The van der Waals surface area contributed by atoms with Gasteiger partial charge in [0, 0.05) is 18.8 Å². The molecule has 1 aromatic carbocycles. The van der Waals surface area contributed by atoms with Gasteiger partial charge in [-0.25, -0.2) is 0 Å². The van der Waals surface area contributed by atoms with Crippen molar-refractivity contribution < 1.29 is 14.7 Å². The monoisotopic (exact) mass is 290 g/mol. The minimum atomic E-state index is -0.757. The van der Waals surface area contributed by atoms with E-state index in [1.54, 1.807) is 17.0 Å². The number of likely N-dealkylation sites (tertiary alicyclic amines) is 1. The molecule has 5 heteroatoms. The van der Waals surface area contributed by atoms with Gasteiger partial charge in [-0.2, -0.15) is 0 Å². The number of carboxylic acids is 1. The average molecular weight is 290 g/mol. The van der Waals surface area contributed by atoms with Crippen LogP contribution in [0.2, 0.25) is 0 Å². The first-order chi connectivity index (χ1) is 9.89. The predicted molar refractivity (Wildman–Crippen MR) is 81.1 cm³/mol. The Bertz CT molecular complexity index is 561. The van der Waals surface area contributed by atoms with Gasteiger partial charge in [-0.05, 0) is 38.3 Å². The zero-order valence-corrected chi connectivity index (χ0v) is 12.6. The summed E-state index contributed by atoms with van der Waals surface area (Å²) < 4.78 is 0. The van der Waals surface area contributed by atoms with Crippen LogP contribution in [0.15, 0.2) is 18.2 Å². The molecule has 0 unspecified atom stereocenters. The number of carboxylic acid groups (broad SMARTS) is 1. The van der Waals surface area contributed by atoms with E-state index < -0.39 is 11.4 Å². The summed E-state index contributed by atoms with van der Waals surface area (Å²) >= 11 is 0. The Balaban J connectivity index is 2.13. The average Bonchev–Trinajstić information content (AvgIpc) is 2.49. The van der Waals surface area contributed by atoms with Crippen LogP contribution < -0.4 is 5.73 Å². The SMILES string of the molecule is CCC1(C(=O)O)CCN(C(=O)c2cc(C)ccc2N)CC1. The first-order valence-corrected chi connectivity index (χ1v) is 7.28. The van der Waals surface area contributed by atoms with Crippen molar-refractivity contribution in [2.24, 2.45) is 5.41 Å². The second-order valence-corrected chi connectivity index (χ2v) is 5.82. The van der Waals surface area contributed by atoms with Gasteiger partial charge in [-0.1, -0.05) is 18.6 Å². The maximum Gasteiger partial charge on any atom is 0.309 e. The summed E-state index contributed by atoms with van der Waals surface area (Å²) in [4.78, 5) is 25.7. The third kappa shape index (κ3) is 2.86. The van der Waals surface area contributed by atoms with Gasteiger partial charge < -0.3 is 15.7 Å². The lowest BCUT2D eigenvalue weighted by Gasteiger charge is -2.38. The number of benzene rings is 1. The Morgan fingerprint density at radius 1 is 1.33 bits per heavy atom. The Morgan fingerprint density at radius 2 is 1.95 bits per heavy atom. The summed E-state index contributed by atoms with van der Waals surface area (Å²) in [5.41, 5.74) is 7.16. The molecule has 0 saturated carbocycles. The summed E-state index contributed by atoms with van der Waals surface area (Å²) in [6.07, 6.45) is 1.59. The molecular weight excluding hydrogens is 268 g/mol. The summed E-state index contributed by atoms with van der Waals surface area (Å²) in [6.45, 7) is 4.74. The minimum Gasteiger partial charge on any atom is -0.481 e. The topological polar surface area (TPSA) is 83.6 Å². The third-order valence-corrected chi connectivity index (χ3v) is 4.58. The lowest BCUT2D eigenvalue weighted by atomic mass is 9.76. The van der Waals surface area contributed by atoms with Gasteiger partial charge in [-0.3, -0.25) is 9.59 Å². The zero-order valence-electron chi connectivity index (χ0n) is 12.6. The molecule has 0 radical (unpaired) electrons. The fraction of sp³-hybridized carbons (Fsp3) is 0.500. The van der Waals surface area contributed by atoms with Gasteiger partial charge in [0.15, 0.2) is 0 Å². The maximum absolute atomic E-state index is 12.5. The van der Waals surface area contributed by atoms with Crippen LogP contribution in [0, 0.1) is 12.3 Å². The van der Waals surface area contributed by atoms with Gasteiger partial charge in [0.05, 0.1) is 11.0 Å². The predicted octanol–water partition coefficient (Wildman–Crippen LogP) is 2.29. The molecule has 0 atom stereocenters. The van der Waals surface area contributed by atoms with Crippen LogP contribution in [0.3, 0.4) is 0 Å². The number of anilines is 1. The molecule has 0 aromatic heterocycles. The van der Waals surface area contributed by atoms with Gasteiger partial charge in [0.1, 0.15) is 0 Å². The summed E-state index contributed by atoms with van der Waals surface area (Å²) in [5.74, 6) is -0.863. The van der Waals surface area contributed by atoms with Crippen LogP contribution in [-0.4, -0.2) is 35.0 Å². The highest BCUT2D eigenvalue weighted by Crippen LogP contribution is 2.35. The number of aryl methyl sites for hydroxylation is 1. The molecule has 2 rings (SSSR count). The smallest absolute Gasteiger partial charge is 0.309 e. The highest BCUT2D eigenvalue weighted by atomic mass is 16.4. The number of hydrogen-bond acceptors (Lipinski definition) is 3. The van der Waals surface area contributed by atoms with Crippen LogP contribution >= 0.6 is 0 Å². The van der Waals surface area contributed by atoms with E-state index in [0.717, 1.165) is 5.56 Å².